The molecule has 2 saturated heterocycles. The van der Waals surface area contributed by atoms with Crippen molar-refractivity contribution in [2.24, 2.45) is 11.8 Å². The van der Waals surface area contributed by atoms with Gasteiger partial charge in [0.25, 0.3) is 0 Å². The number of Topliss-reactive ketones (excluding diaryl/α,β-unsaturated/α-hetero) is 1. The summed E-state index contributed by atoms with van der Waals surface area (Å²) in [6.07, 6.45) is 3.85. The van der Waals surface area contributed by atoms with Crippen molar-refractivity contribution in [2.75, 3.05) is 16.9 Å². The Bertz CT molecular complexity index is 1170. The largest absolute Gasteiger partial charge is 0.497 e. The summed E-state index contributed by atoms with van der Waals surface area (Å²) in [6, 6.07) is 9.67. The molecule has 0 N–H and O–H groups in total. The lowest BCUT2D eigenvalue weighted by Crippen LogP contribution is -2.48. The number of nitrogens with zero attached hydrogens (tertiary/aromatic N) is 2. The molecule has 0 saturated carbocycles. The van der Waals surface area contributed by atoms with Crippen LogP contribution in [0.3, 0.4) is 0 Å². The number of methoxy groups -OCH3 is 1. The van der Waals surface area contributed by atoms with Gasteiger partial charge in [-0.15, -0.1) is 0 Å². The molecule has 0 aliphatic carbocycles. The van der Waals surface area contributed by atoms with E-state index in [0.29, 0.717) is 22.0 Å². The highest BCUT2D eigenvalue weighted by Gasteiger charge is 2.63. The fraction of sp³-hybridized carbons (Fsp3) is 0.292. The van der Waals surface area contributed by atoms with E-state index in [1.54, 1.807) is 32.2 Å². The van der Waals surface area contributed by atoms with Crippen molar-refractivity contribution in [1.82, 2.24) is 0 Å². The van der Waals surface area contributed by atoms with Crippen LogP contribution in [0.1, 0.15) is 18.1 Å². The highest BCUT2D eigenvalue weighted by Crippen LogP contribution is 2.50. The maximum Gasteiger partial charge on any atom is 0.240 e. The molecule has 0 bridgehead atoms. The first-order chi connectivity index (χ1) is 14.8. The number of amides is 2. The minimum absolute atomic E-state index is 0.139. The van der Waals surface area contributed by atoms with Gasteiger partial charge in [0.1, 0.15) is 11.8 Å². The molecule has 5 rings (SSSR count). The SMILES string of the molecule is COc1ccc2c(c1)C=CC1C3C(=O)N(c4cccc(Cl)c4C)C(=O)C3C(C(C)=O)N21. The molecular weight excluding hydrogens is 416 g/mol. The van der Waals surface area contributed by atoms with E-state index in [-0.39, 0.29) is 23.6 Å². The van der Waals surface area contributed by atoms with Crippen LogP contribution in [0.4, 0.5) is 11.4 Å². The fourth-order valence-corrected chi connectivity index (χ4v) is 5.38. The van der Waals surface area contributed by atoms with Gasteiger partial charge in [-0.2, -0.15) is 0 Å². The van der Waals surface area contributed by atoms with Gasteiger partial charge in [-0.25, -0.2) is 4.90 Å². The molecule has 4 unspecified atom stereocenters. The average molecular weight is 437 g/mol. The number of benzene rings is 2. The third-order valence-electron chi connectivity index (χ3n) is 6.61. The number of carbonyl (C=O) groups excluding carboxylic acids is 3. The lowest BCUT2D eigenvalue weighted by molar-refractivity contribution is -0.126. The molecule has 0 aromatic heterocycles. The van der Waals surface area contributed by atoms with Crippen LogP contribution in [0.5, 0.6) is 5.75 Å². The van der Waals surface area contributed by atoms with Crippen LogP contribution in [0.15, 0.2) is 42.5 Å². The van der Waals surface area contributed by atoms with Gasteiger partial charge >= 0.3 is 0 Å². The van der Waals surface area contributed by atoms with E-state index in [2.05, 4.69) is 0 Å². The summed E-state index contributed by atoms with van der Waals surface area (Å²) in [5.41, 5.74) is 2.87. The maximum absolute atomic E-state index is 13.6. The van der Waals surface area contributed by atoms with Gasteiger partial charge in [-0.3, -0.25) is 14.4 Å². The van der Waals surface area contributed by atoms with Crippen LogP contribution < -0.4 is 14.5 Å². The number of ketones is 1. The quantitative estimate of drug-likeness (QED) is 0.687. The highest BCUT2D eigenvalue weighted by atomic mass is 35.5. The number of imide groups is 1. The van der Waals surface area contributed by atoms with Gasteiger partial charge in [-0.1, -0.05) is 29.8 Å². The molecule has 0 radical (unpaired) electrons. The number of fused-ring (bicyclic) bond motifs is 5. The molecule has 3 heterocycles. The van der Waals surface area contributed by atoms with E-state index in [1.165, 1.54) is 11.8 Å². The second-order valence-electron chi connectivity index (χ2n) is 8.18. The zero-order valence-electron chi connectivity index (χ0n) is 17.3. The molecule has 158 valence electrons. The van der Waals surface area contributed by atoms with Crippen LogP contribution >= 0.6 is 11.6 Å². The summed E-state index contributed by atoms with van der Waals surface area (Å²) < 4.78 is 5.31. The predicted octanol–water partition coefficient (Wildman–Crippen LogP) is 3.64. The van der Waals surface area contributed by atoms with E-state index in [0.717, 1.165) is 11.3 Å². The molecule has 6 nitrogen and oxygen atoms in total. The van der Waals surface area contributed by atoms with Crippen molar-refractivity contribution in [3.8, 4) is 5.75 Å². The van der Waals surface area contributed by atoms with Crippen LogP contribution in [0, 0.1) is 18.8 Å². The van der Waals surface area contributed by atoms with Gasteiger partial charge in [0.15, 0.2) is 5.78 Å². The molecular formula is C24H21ClN2O4. The van der Waals surface area contributed by atoms with E-state index in [4.69, 9.17) is 16.3 Å². The first-order valence-corrected chi connectivity index (χ1v) is 10.5. The number of rotatable bonds is 3. The molecule has 7 heteroatoms. The Labute approximate surface area is 185 Å². The number of halogens is 1. The second-order valence-corrected chi connectivity index (χ2v) is 8.59. The van der Waals surface area contributed by atoms with Crippen molar-refractivity contribution in [3.63, 3.8) is 0 Å². The first kappa shape index (κ1) is 19.8. The van der Waals surface area contributed by atoms with Crippen LogP contribution in [0.2, 0.25) is 5.02 Å². The standard InChI is InChI=1S/C24H21ClN2O4/c1-12-16(25)5-4-6-17(12)27-23(29)20-19-9-7-14-11-15(31-3)8-10-18(14)26(19)22(13(2)28)21(20)24(27)30/h4-11,19-22H,1-3H3. The molecule has 3 aliphatic rings. The van der Waals surface area contributed by atoms with Crippen molar-refractivity contribution in [2.45, 2.75) is 25.9 Å². The fourth-order valence-electron chi connectivity index (χ4n) is 5.21. The molecule has 2 amide bonds. The molecule has 2 fully saturated rings. The van der Waals surface area contributed by atoms with Crippen molar-refractivity contribution in [1.29, 1.82) is 0 Å². The van der Waals surface area contributed by atoms with E-state index in [9.17, 15) is 14.4 Å². The molecule has 2 aromatic carbocycles. The Morgan fingerprint density at radius 1 is 1.06 bits per heavy atom. The first-order valence-electron chi connectivity index (χ1n) is 10.1. The molecule has 0 spiro atoms. The summed E-state index contributed by atoms with van der Waals surface area (Å²) in [6.45, 7) is 3.27. The van der Waals surface area contributed by atoms with Crippen LogP contribution in [-0.2, 0) is 14.4 Å². The minimum atomic E-state index is -0.744. The number of ether oxygens (including phenoxy) is 1. The topological polar surface area (TPSA) is 66.9 Å². The van der Waals surface area contributed by atoms with Crippen molar-refractivity contribution < 1.29 is 19.1 Å². The van der Waals surface area contributed by atoms with Crippen LogP contribution in [-0.4, -0.2) is 36.8 Å². The summed E-state index contributed by atoms with van der Waals surface area (Å²) >= 11 is 6.25. The second kappa shape index (κ2) is 6.95. The van der Waals surface area contributed by atoms with E-state index in [1.807, 2.05) is 35.3 Å². The third kappa shape index (κ3) is 2.67. The Morgan fingerprint density at radius 2 is 1.81 bits per heavy atom. The number of carbonyl (C=O) groups is 3. The summed E-state index contributed by atoms with van der Waals surface area (Å²) in [5, 5.41) is 0.486. The van der Waals surface area contributed by atoms with Crippen molar-refractivity contribution in [3.05, 3.63) is 58.6 Å². The average Bonchev–Trinajstić information content (AvgIpc) is 3.23. The van der Waals surface area contributed by atoms with E-state index < -0.39 is 17.9 Å². The third-order valence-corrected chi connectivity index (χ3v) is 7.02. The summed E-state index contributed by atoms with van der Waals surface area (Å²) in [7, 11) is 1.60. The molecule has 31 heavy (non-hydrogen) atoms. The molecule has 2 aromatic rings. The number of hydrogen-bond acceptors (Lipinski definition) is 5. The minimum Gasteiger partial charge on any atom is -0.497 e. The van der Waals surface area contributed by atoms with E-state index >= 15 is 0 Å². The Morgan fingerprint density at radius 3 is 2.52 bits per heavy atom. The van der Waals surface area contributed by atoms with Gasteiger partial charge in [0.05, 0.1) is 30.7 Å². The number of hydrogen-bond donors (Lipinski definition) is 0. The monoisotopic (exact) mass is 436 g/mol. The zero-order chi connectivity index (χ0) is 22.0. The Hall–Kier alpha value is -3.12. The Balaban J connectivity index is 1.62. The maximum atomic E-state index is 13.6. The van der Waals surface area contributed by atoms with Gasteiger partial charge in [-0.05, 0) is 49.7 Å². The summed E-state index contributed by atoms with van der Waals surface area (Å²) in [4.78, 5) is 43.1. The van der Waals surface area contributed by atoms with Gasteiger partial charge in [0.2, 0.25) is 11.8 Å². The zero-order valence-corrected chi connectivity index (χ0v) is 18.1. The predicted molar refractivity (Wildman–Crippen MR) is 118 cm³/mol. The summed E-state index contributed by atoms with van der Waals surface area (Å²) in [5.74, 6) is -1.45. The Kier molecular flexibility index (Phi) is 4.45. The van der Waals surface area contributed by atoms with Crippen molar-refractivity contribution >= 4 is 46.6 Å². The lowest BCUT2D eigenvalue weighted by atomic mass is 9.88. The van der Waals surface area contributed by atoms with Gasteiger partial charge < -0.3 is 9.64 Å². The molecule has 4 atom stereocenters. The lowest BCUT2D eigenvalue weighted by Gasteiger charge is -2.36. The number of anilines is 2. The van der Waals surface area contributed by atoms with Crippen LogP contribution in [0.25, 0.3) is 6.08 Å². The smallest absolute Gasteiger partial charge is 0.240 e. The van der Waals surface area contributed by atoms with Gasteiger partial charge in [0, 0.05) is 16.3 Å². The molecule has 3 aliphatic heterocycles. The highest BCUT2D eigenvalue weighted by molar-refractivity contribution is 6.32. The normalized spacial score (nSPS) is 26.1.